The van der Waals surface area contributed by atoms with E-state index in [9.17, 15) is 0 Å². The third-order valence-corrected chi connectivity index (χ3v) is 3.20. The molecule has 0 aliphatic rings. The number of aryl methyl sites for hydroxylation is 1. The van der Waals surface area contributed by atoms with E-state index in [-0.39, 0.29) is 0 Å². The van der Waals surface area contributed by atoms with Gasteiger partial charge in [-0.2, -0.15) is 10.4 Å². The smallest absolute Gasteiger partial charge is 0.145 e. The fourth-order valence-corrected chi connectivity index (χ4v) is 2.23. The molecule has 0 atom stereocenters. The van der Waals surface area contributed by atoms with Gasteiger partial charge in [0, 0.05) is 17.5 Å². The summed E-state index contributed by atoms with van der Waals surface area (Å²) < 4.78 is 1.95. The van der Waals surface area contributed by atoms with Gasteiger partial charge in [-0.05, 0) is 31.9 Å². The summed E-state index contributed by atoms with van der Waals surface area (Å²) in [4.78, 5) is 4.07. The summed E-state index contributed by atoms with van der Waals surface area (Å²) in [6.45, 7) is 6.83. The maximum atomic E-state index is 9.03. The lowest BCUT2D eigenvalue weighted by atomic mass is 10.1. The molecule has 4 nitrogen and oxygen atoms in total. The molecule has 0 spiro atoms. The highest BCUT2D eigenvalue weighted by molar-refractivity contribution is 5.32. The fraction of sp³-hybridized carbons (Fsp3) is 0.357. The second-order valence-corrected chi connectivity index (χ2v) is 4.28. The summed E-state index contributed by atoms with van der Waals surface area (Å²) in [5.74, 6) is 0. The Morgan fingerprint density at radius 2 is 2.17 bits per heavy atom. The van der Waals surface area contributed by atoms with Crippen molar-refractivity contribution >= 4 is 0 Å². The minimum Gasteiger partial charge on any atom is -0.265 e. The number of nitriles is 1. The van der Waals surface area contributed by atoms with Crippen LogP contribution in [0.15, 0.2) is 18.3 Å². The minimum absolute atomic E-state index is 0.475. The van der Waals surface area contributed by atoms with Gasteiger partial charge in [0.15, 0.2) is 0 Å². The van der Waals surface area contributed by atoms with Crippen molar-refractivity contribution in [2.24, 2.45) is 0 Å². The van der Waals surface area contributed by atoms with Gasteiger partial charge in [0.2, 0.25) is 0 Å². The molecule has 2 rings (SSSR count). The third kappa shape index (κ3) is 2.12. The van der Waals surface area contributed by atoms with E-state index in [0.29, 0.717) is 12.2 Å². The van der Waals surface area contributed by atoms with Crippen molar-refractivity contribution in [3.05, 3.63) is 46.5 Å². The van der Waals surface area contributed by atoms with Gasteiger partial charge < -0.3 is 0 Å². The van der Waals surface area contributed by atoms with Crippen molar-refractivity contribution in [2.45, 2.75) is 33.7 Å². The Morgan fingerprint density at radius 3 is 2.78 bits per heavy atom. The van der Waals surface area contributed by atoms with Gasteiger partial charge in [-0.25, -0.2) is 4.98 Å². The van der Waals surface area contributed by atoms with Crippen LogP contribution in [0.1, 0.15) is 35.1 Å². The van der Waals surface area contributed by atoms with Gasteiger partial charge in [-0.15, -0.1) is 0 Å². The lowest BCUT2D eigenvalue weighted by molar-refractivity contribution is 0.655. The third-order valence-electron chi connectivity index (χ3n) is 3.20. The monoisotopic (exact) mass is 240 g/mol. The average molecular weight is 240 g/mol. The van der Waals surface area contributed by atoms with Gasteiger partial charge in [0.25, 0.3) is 0 Å². The molecule has 0 bridgehead atoms. The van der Waals surface area contributed by atoms with Crippen LogP contribution >= 0.6 is 0 Å². The van der Waals surface area contributed by atoms with E-state index >= 15 is 0 Å². The number of pyridine rings is 1. The number of nitrogens with zero attached hydrogens (tertiary/aromatic N) is 4. The van der Waals surface area contributed by atoms with Crippen LogP contribution in [-0.2, 0) is 13.0 Å². The minimum atomic E-state index is 0.475. The van der Waals surface area contributed by atoms with Crippen molar-refractivity contribution in [3.8, 4) is 6.07 Å². The Morgan fingerprint density at radius 1 is 1.39 bits per heavy atom. The van der Waals surface area contributed by atoms with Crippen molar-refractivity contribution in [2.75, 3.05) is 0 Å². The zero-order valence-electron chi connectivity index (χ0n) is 10.9. The highest BCUT2D eigenvalue weighted by atomic mass is 15.3. The van der Waals surface area contributed by atoms with E-state index in [1.165, 1.54) is 11.3 Å². The molecule has 0 unspecified atom stereocenters. The summed E-state index contributed by atoms with van der Waals surface area (Å²) >= 11 is 0. The molecule has 0 saturated heterocycles. The Kier molecular flexibility index (Phi) is 3.42. The SMILES string of the molecule is CCc1c(C)nn(Cc2cccnc2C#N)c1C. The highest BCUT2D eigenvalue weighted by Gasteiger charge is 2.11. The maximum absolute atomic E-state index is 9.03. The van der Waals surface area contributed by atoms with E-state index < -0.39 is 0 Å². The average Bonchev–Trinajstić information content (AvgIpc) is 2.65. The molecule has 0 aromatic carbocycles. The quantitative estimate of drug-likeness (QED) is 0.827. The van der Waals surface area contributed by atoms with Crippen LogP contribution in [0.4, 0.5) is 0 Å². The molecule has 0 N–H and O–H groups in total. The van der Waals surface area contributed by atoms with Gasteiger partial charge in [0.05, 0.1) is 12.2 Å². The second-order valence-electron chi connectivity index (χ2n) is 4.28. The first kappa shape index (κ1) is 12.3. The van der Waals surface area contributed by atoms with Crippen LogP contribution < -0.4 is 0 Å². The highest BCUT2D eigenvalue weighted by Crippen LogP contribution is 2.15. The number of aromatic nitrogens is 3. The van der Waals surface area contributed by atoms with Gasteiger partial charge in [0.1, 0.15) is 11.8 Å². The van der Waals surface area contributed by atoms with Crippen LogP contribution in [0, 0.1) is 25.2 Å². The molecule has 2 aromatic heterocycles. The molecule has 0 fully saturated rings. The van der Waals surface area contributed by atoms with Gasteiger partial charge in [-0.1, -0.05) is 13.0 Å². The Bertz CT molecular complexity index is 605. The summed E-state index contributed by atoms with van der Waals surface area (Å²) in [6.07, 6.45) is 2.62. The summed E-state index contributed by atoms with van der Waals surface area (Å²) in [6, 6.07) is 5.89. The number of hydrogen-bond acceptors (Lipinski definition) is 3. The van der Waals surface area contributed by atoms with Crippen molar-refractivity contribution in [1.82, 2.24) is 14.8 Å². The fourth-order valence-electron chi connectivity index (χ4n) is 2.23. The Balaban J connectivity index is 2.38. The van der Waals surface area contributed by atoms with Crippen LogP contribution in [0.5, 0.6) is 0 Å². The first-order chi connectivity index (χ1) is 8.67. The molecule has 4 heteroatoms. The van der Waals surface area contributed by atoms with E-state index in [2.05, 4.69) is 30.0 Å². The second kappa shape index (κ2) is 5.01. The molecule has 0 saturated carbocycles. The normalized spacial score (nSPS) is 10.3. The topological polar surface area (TPSA) is 54.5 Å². The van der Waals surface area contributed by atoms with Crippen molar-refractivity contribution in [1.29, 1.82) is 5.26 Å². The molecule has 0 aliphatic heterocycles. The largest absolute Gasteiger partial charge is 0.265 e. The van der Waals surface area contributed by atoms with Crippen LogP contribution in [0.2, 0.25) is 0 Å². The zero-order chi connectivity index (χ0) is 13.1. The predicted octanol–water partition coefficient (Wildman–Crippen LogP) is 2.38. The zero-order valence-corrected chi connectivity index (χ0v) is 10.9. The molecule has 0 aliphatic carbocycles. The predicted molar refractivity (Wildman–Crippen MR) is 69.1 cm³/mol. The van der Waals surface area contributed by atoms with E-state index in [0.717, 1.165) is 17.7 Å². The molecule has 92 valence electrons. The van der Waals surface area contributed by atoms with Crippen LogP contribution in [-0.4, -0.2) is 14.8 Å². The number of rotatable bonds is 3. The van der Waals surface area contributed by atoms with E-state index in [4.69, 9.17) is 5.26 Å². The number of hydrogen-bond donors (Lipinski definition) is 0. The van der Waals surface area contributed by atoms with Crippen LogP contribution in [0.3, 0.4) is 0 Å². The molecule has 0 amide bonds. The first-order valence-electron chi connectivity index (χ1n) is 6.04. The Labute approximate surface area is 107 Å². The lowest BCUT2D eigenvalue weighted by Crippen LogP contribution is -2.06. The maximum Gasteiger partial charge on any atom is 0.145 e. The van der Waals surface area contributed by atoms with E-state index in [1.807, 2.05) is 23.7 Å². The van der Waals surface area contributed by atoms with Crippen molar-refractivity contribution < 1.29 is 0 Å². The molecular formula is C14H16N4. The Hall–Kier alpha value is -2.15. The van der Waals surface area contributed by atoms with Gasteiger partial charge in [-0.3, -0.25) is 4.68 Å². The molecule has 2 heterocycles. The molecule has 2 aromatic rings. The van der Waals surface area contributed by atoms with E-state index in [1.54, 1.807) is 6.20 Å². The standard InChI is InChI=1S/C14H16N4/c1-4-13-10(2)17-18(11(13)3)9-12-6-5-7-16-14(12)8-15/h5-7H,4,9H2,1-3H3. The molecule has 0 radical (unpaired) electrons. The lowest BCUT2D eigenvalue weighted by Gasteiger charge is -2.06. The molecular weight excluding hydrogens is 224 g/mol. The summed E-state index contributed by atoms with van der Waals surface area (Å²) in [5, 5.41) is 13.6. The van der Waals surface area contributed by atoms with Crippen molar-refractivity contribution in [3.63, 3.8) is 0 Å². The summed E-state index contributed by atoms with van der Waals surface area (Å²) in [5.41, 5.74) is 4.91. The van der Waals surface area contributed by atoms with Gasteiger partial charge >= 0.3 is 0 Å². The summed E-state index contributed by atoms with van der Waals surface area (Å²) in [7, 11) is 0. The molecule has 18 heavy (non-hydrogen) atoms. The first-order valence-corrected chi connectivity index (χ1v) is 6.04. The van der Waals surface area contributed by atoms with Crippen LogP contribution in [0.25, 0.3) is 0 Å².